The van der Waals surface area contributed by atoms with E-state index < -0.39 is 0 Å². The van der Waals surface area contributed by atoms with Crippen LogP contribution in [0.1, 0.15) is 21.5 Å². The Morgan fingerprint density at radius 3 is 2.43 bits per heavy atom. The first kappa shape index (κ1) is 13.2. The Bertz CT molecular complexity index is 827. The van der Waals surface area contributed by atoms with E-state index in [9.17, 15) is 4.79 Å². The summed E-state index contributed by atoms with van der Waals surface area (Å²) in [5, 5.41) is 2.90. The Morgan fingerprint density at radius 1 is 0.905 bits per heavy atom. The van der Waals surface area contributed by atoms with Crippen LogP contribution in [0.5, 0.6) is 0 Å². The molecule has 0 fully saturated rings. The average Bonchev–Trinajstić information content (AvgIpc) is 2.50. The number of carbonyl (C=O) groups excluding carboxylic acids is 1. The third kappa shape index (κ3) is 2.74. The summed E-state index contributed by atoms with van der Waals surface area (Å²) in [6, 6.07) is 11.2. The summed E-state index contributed by atoms with van der Waals surface area (Å²) in [5.74, 6) is -0.147. The average molecular weight is 277 g/mol. The van der Waals surface area contributed by atoms with Gasteiger partial charge in [0.05, 0.1) is 11.0 Å². The van der Waals surface area contributed by atoms with Gasteiger partial charge in [0, 0.05) is 23.6 Å². The minimum absolute atomic E-state index is 0.147. The fourth-order valence-corrected chi connectivity index (χ4v) is 2.13. The van der Waals surface area contributed by atoms with Crippen LogP contribution in [0.3, 0.4) is 0 Å². The molecule has 21 heavy (non-hydrogen) atoms. The molecule has 1 amide bonds. The van der Waals surface area contributed by atoms with Gasteiger partial charge in [0.2, 0.25) is 0 Å². The van der Waals surface area contributed by atoms with E-state index in [0.717, 1.165) is 16.8 Å². The molecule has 1 aromatic heterocycles. The van der Waals surface area contributed by atoms with Crippen LogP contribution in [0.15, 0.2) is 48.8 Å². The van der Waals surface area contributed by atoms with Gasteiger partial charge < -0.3 is 5.32 Å². The van der Waals surface area contributed by atoms with Crippen molar-refractivity contribution in [1.29, 1.82) is 0 Å². The van der Waals surface area contributed by atoms with Gasteiger partial charge >= 0.3 is 0 Å². The van der Waals surface area contributed by atoms with E-state index >= 15 is 0 Å². The predicted molar refractivity (Wildman–Crippen MR) is 83.4 cm³/mol. The van der Waals surface area contributed by atoms with Gasteiger partial charge in [0.1, 0.15) is 0 Å². The highest BCUT2D eigenvalue weighted by Crippen LogP contribution is 2.16. The fraction of sp³-hybridized carbons (Fsp3) is 0.118. The Kier molecular flexibility index (Phi) is 3.36. The van der Waals surface area contributed by atoms with Crippen molar-refractivity contribution in [3.05, 3.63) is 65.5 Å². The fourth-order valence-electron chi connectivity index (χ4n) is 2.13. The molecule has 0 aliphatic heterocycles. The molecule has 0 saturated heterocycles. The van der Waals surface area contributed by atoms with Crippen LogP contribution >= 0.6 is 0 Å². The SMILES string of the molecule is Cc1ccc(NC(=O)c2ccc3nccnc3c2)cc1C. The van der Waals surface area contributed by atoms with Gasteiger partial charge in [-0.15, -0.1) is 0 Å². The molecule has 0 spiro atoms. The summed E-state index contributed by atoms with van der Waals surface area (Å²) in [6.07, 6.45) is 3.25. The molecule has 0 bridgehead atoms. The zero-order valence-electron chi connectivity index (χ0n) is 11.9. The number of fused-ring (bicyclic) bond motifs is 1. The van der Waals surface area contributed by atoms with Gasteiger partial charge in [0.15, 0.2) is 0 Å². The number of rotatable bonds is 2. The summed E-state index contributed by atoms with van der Waals surface area (Å²) >= 11 is 0. The number of amides is 1. The molecule has 1 N–H and O–H groups in total. The first-order valence-electron chi connectivity index (χ1n) is 6.73. The number of benzene rings is 2. The van der Waals surface area contributed by atoms with E-state index in [1.165, 1.54) is 5.56 Å². The molecule has 0 unspecified atom stereocenters. The first-order chi connectivity index (χ1) is 10.1. The minimum Gasteiger partial charge on any atom is -0.322 e. The number of hydrogen-bond donors (Lipinski definition) is 1. The lowest BCUT2D eigenvalue weighted by Gasteiger charge is -2.08. The highest BCUT2D eigenvalue weighted by Gasteiger charge is 2.08. The molecule has 1 heterocycles. The molecule has 2 aromatic carbocycles. The number of nitrogens with one attached hydrogen (secondary N) is 1. The van der Waals surface area contributed by atoms with Crippen LogP contribution in [-0.2, 0) is 0 Å². The number of nitrogens with zero attached hydrogens (tertiary/aromatic N) is 2. The molecule has 104 valence electrons. The van der Waals surface area contributed by atoms with Crippen molar-refractivity contribution < 1.29 is 4.79 Å². The van der Waals surface area contributed by atoms with Gasteiger partial charge in [-0.1, -0.05) is 6.07 Å². The van der Waals surface area contributed by atoms with Crippen molar-refractivity contribution >= 4 is 22.6 Å². The minimum atomic E-state index is -0.147. The van der Waals surface area contributed by atoms with Crippen molar-refractivity contribution in [1.82, 2.24) is 9.97 Å². The third-order valence-corrected chi connectivity index (χ3v) is 3.50. The maximum Gasteiger partial charge on any atom is 0.255 e. The van der Waals surface area contributed by atoms with E-state index in [4.69, 9.17) is 0 Å². The molecule has 0 saturated carbocycles. The Morgan fingerprint density at radius 2 is 1.67 bits per heavy atom. The van der Waals surface area contributed by atoms with Crippen LogP contribution in [0.25, 0.3) is 11.0 Å². The van der Waals surface area contributed by atoms with Crippen molar-refractivity contribution in [2.75, 3.05) is 5.32 Å². The summed E-state index contributed by atoms with van der Waals surface area (Å²) in [5.41, 5.74) is 5.21. The molecular formula is C17H15N3O. The monoisotopic (exact) mass is 277 g/mol. The van der Waals surface area contributed by atoms with Gasteiger partial charge in [-0.3, -0.25) is 14.8 Å². The van der Waals surface area contributed by atoms with Crippen LogP contribution in [0.2, 0.25) is 0 Å². The first-order valence-corrected chi connectivity index (χ1v) is 6.73. The van der Waals surface area contributed by atoms with Crippen molar-refractivity contribution in [2.45, 2.75) is 13.8 Å². The maximum atomic E-state index is 12.3. The summed E-state index contributed by atoms with van der Waals surface area (Å²) < 4.78 is 0. The largest absolute Gasteiger partial charge is 0.322 e. The van der Waals surface area contributed by atoms with Gasteiger partial charge in [-0.2, -0.15) is 0 Å². The summed E-state index contributed by atoms with van der Waals surface area (Å²) in [6.45, 7) is 4.07. The zero-order valence-corrected chi connectivity index (χ0v) is 11.9. The van der Waals surface area contributed by atoms with Gasteiger partial charge in [-0.05, 0) is 55.3 Å². The third-order valence-electron chi connectivity index (χ3n) is 3.50. The highest BCUT2D eigenvalue weighted by molar-refractivity contribution is 6.05. The Hall–Kier alpha value is -2.75. The molecule has 0 aliphatic carbocycles. The van der Waals surface area contributed by atoms with Gasteiger partial charge in [0.25, 0.3) is 5.91 Å². The van der Waals surface area contributed by atoms with Crippen molar-refractivity contribution in [3.63, 3.8) is 0 Å². The number of aromatic nitrogens is 2. The molecule has 0 atom stereocenters. The second kappa shape index (κ2) is 5.32. The number of hydrogen-bond acceptors (Lipinski definition) is 3. The molecule has 0 radical (unpaired) electrons. The Balaban J connectivity index is 1.87. The highest BCUT2D eigenvalue weighted by atomic mass is 16.1. The van der Waals surface area contributed by atoms with E-state index in [0.29, 0.717) is 11.1 Å². The zero-order chi connectivity index (χ0) is 14.8. The maximum absolute atomic E-state index is 12.3. The number of anilines is 1. The van der Waals surface area contributed by atoms with Gasteiger partial charge in [-0.25, -0.2) is 0 Å². The lowest BCUT2D eigenvalue weighted by atomic mass is 10.1. The van der Waals surface area contributed by atoms with Crippen LogP contribution in [0.4, 0.5) is 5.69 Å². The number of aryl methyl sites for hydroxylation is 2. The van der Waals surface area contributed by atoms with E-state index in [-0.39, 0.29) is 5.91 Å². The molecule has 4 heteroatoms. The quantitative estimate of drug-likeness (QED) is 0.780. The van der Waals surface area contributed by atoms with Crippen molar-refractivity contribution in [2.24, 2.45) is 0 Å². The Labute approximate surface area is 122 Å². The van der Waals surface area contributed by atoms with Crippen LogP contribution in [-0.4, -0.2) is 15.9 Å². The lowest BCUT2D eigenvalue weighted by Crippen LogP contribution is -2.12. The molecular weight excluding hydrogens is 262 g/mol. The van der Waals surface area contributed by atoms with Crippen LogP contribution in [0, 0.1) is 13.8 Å². The normalized spacial score (nSPS) is 10.6. The standard InChI is InChI=1S/C17H15N3O/c1-11-3-5-14(9-12(11)2)20-17(21)13-4-6-15-16(10-13)19-8-7-18-15/h3-10H,1-2H3,(H,20,21). The lowest BCUT2D eigenvalue weighted by molar-refractivity contribution is 0.102. The van der Waals surface area contributed by atoms with E-state index in [2.05, 4.69) is 15.3 Å². The van der Waals surface area contributed by atoms with E-state index in [1.54, 1.807) is 30.6 Å². The smallest absolute Gasteiger partial charge is 0.255 e. The van der Waals surface area contributed by atoms with Crippen molar-refractivity contribution in [3.8, 4) is 0 Å². The predicted octanol–water partition coefficient (Wildman–Crippen LogP) is 3.50. The molecule has 4 nitrogen and oxygen atoms in total. The second-order valence-corrected chi connectivity index (χ2v) is 5.01. The second-order valence-electron chi connectivity index (χ2n) is 5.01. The summed E-state index contributed by atoms with van der Waals surface area (Å²) in [4.78, 5) is 20.7. The molecule has 3 aromatic rings. The molecule has 0 aliphatic rings. The summed E-state index contributed by atoms with van der Waals surface area (Å²) in [7, 11) is 0. The van der Waals surface area contributed by atoms with E-state index in [1.807, 2.05) is 32.0 Å². The molecule has 3 rings (SSSR count). The van der Waals surface area contributed by atoms with Crippen LogP contribution < -0.4 is 5.32 Å². The topological polar surface area (TPSA) is 54.9 Å². The number of carbonyl (C=O) groups is 1.